The number of benzene rings is 1. The van der Waals surface area contributed by atoms with Crippen LogP contribution in [-0.2, 0) is 16.1 Å². The molecule has 3 N–H and O–H groups in total. The molecule has 0 unspecified atom stereocenters. The van der Waals surface area contributed by atoms with Crippen LogP contribution in [0.3, 0.4) is 0 Å². The summed E-state index contributed by atoms with van der Waals surface area (Å²) in [6, 6.07) is 6.28. The molecule has 20 heavy (non-hydrogen) atoms. The van der Waals surface area contributed by atoms with Gasteiger partial charge in [-0.2, -0.15) is 0 Å². The van der Waals surface area contributed by atoms with Crippen LogP contribution in [0, 0.1) is 6.92 Å². The van der Waals surface area contributed by atoms with E-state index in [0.29, 0.717) is 13.1 Å². The van der Waals surface area contributed by atoms with E-state index in [4.69, 9.17) is 10.5 Å². The molecule has 0 bridgehead atoms. The second-order valence-corrected chi connectivity index (χ2v) is 5.94. The van der Waals surface area contributed by atoms with E-state index in [1.807, 2.05) is 6.26 Å². The molecule has 4 nitrogen and oxygen atoms in total. The molecule has 0 aromatic heterocycles. The molecule has 1 saturated heterocycles. The monoisotopic (exact) mass is 294 g/mol. The number of hydrogen-bond donors (Lipinski definition) is 2. The largest absolute Gasteiger partial charge is 0.364 e. The van der Waals surface area contributed by atoms with Crippen LogP contribution in [0.5, 0.6) is 0 Å². The fourth-order valence-electron chi connectivity index (χ4n) is 2.37. The van der Waals surface area contributed by atoms with Crippen LogP contribution in [0.25, 0.3) is 0 Å². The van der Waals surface area contributed by atoms with Crippen molar-refractivity contribution in [2.45, 2.75) is 43.4 Å². The molecular formula is C15H22N2O2S. The van der Waals surface area contributed by atoms with Gasteiger partial charge in [-0.1, -0.05) is 12.1 Å². The van der Waals surface area contributed by atoms with Gasteiger partial charge in [-0.25, -0.2) is 0 Å². The van der Waals surface area contributed by atoms with Crippen molar-refractivity contribution in [3.05, 3.63) is 29.3 Å². The summed E-state index contributed by atoms with van der Waals surface area (Å²) in [6.07, 6.45) is 3.37. The first-order valence-corrected chi connectivity index (χ1v) is 8.13. The second kappa shape index (κ2) is 7.11. The summed E-state index contributed by atoms with van der Waals surface area (Å²) in [7, 11) is 0. The van der Waals surface area contributed by atoms with E-state index >= 15 is 0 Å². The van der Waals surface area contributed by atoms with Gasteiger partial charge in [-0.15, -0.1) is 11.8 Å². The van der Waals surface area contributed by atoms with Crippen LogP contribution in [0.1, 0.15) is 24.0 Å². The topological polar surface area (TPSA) is 64.4 Å². The summed E-state index contributed by atoms with van der Waals surface area (Å²) >= 11 is 1.70. The van der Waals surface area contributed by atoms with Gasteiger partial charge in [0.05, 0.1) is 6.10 Å². The molecule has 1 fully saturated rings. The number of thioether (sulfide) groups is 1. The fourth-order valence-corrected chi connectivity index (χ4v) is 3.07. The van der Waals surface area contributed by atoms with Crippen LogP contribution in [-0.4, -0.2) is 30.9 Å². The number of aryl methyl sites for hydroxylation is 1. The highest BCUT2D eigenvalue weighted by Crippen LogP contribution is 2.22. The third-order valence-corrected chi connectivity index (χ3v) is 4.38. The van der Waals surface area contributed by atoms with Crippen molar-refractivity contribution in [3.63, 3.8) is 0 Å². The van der Waals surface area contributed by atoms with Crippen molar-refractivity contribution in [1.82, 2.24) is 5.32 Å². The highest BCUT2D eigenvalue weighted by atomic mass is 32.2. The fraction of sp³-hybridized carbons (Fsp3) is 0.533. The Kier molecular flexibility index (Phi) is 5.46. The van der Waals surface area contributed by atoms with Crippen molar-refractivity contribution in [2.24, 2.45) is 5.73 Å². The van der Waals surface area contributed by atoms with Gasteiger partial charge in [0.2, 0.25) is 5.91 Å². The van der Waals surface area contributed by atoms with Crippen LogP contribution in [0.2, 0.25) is 0 Å². The van der Waals surface area contributed by atoms with Gasteiger partial charge in [-0.3, -0.25) is 4.79 Å². The lowest BCUT2D eigenvalue weighted by Gasteiger charge is -2.14. The first-order chi connectivity index (χ1) is 9.63. The van der Waals surface area contributed by atoms with E-state index < -0.39 is 0 Å². The number of amides is 1. The maximum absolute atomic E-state index is 12.1. The summed E-state index contributed by atoms with van der Waals surface area (Å²) < 4.78 is 5.59. The number of carbonyl (C=O) groups is 1. The predicted octanol–water partition coefficient (Wildman–Crippen LogP) is 1.84. The normalized spacial score (nSPS) is 21.9. The third kappa shape index (κ3) is 3.75. The number of rotatable bonds is 5. The number of nitrogens with two attached hydrogens (primary N) is 1. The van der Waals surface area contributed by atoms with Crippen LogP contribution in [0.4, 0.5) is 0 Å². The Balaban J connectivity index is 1.90. The Labute approximate surface area is 124 Å². The van der Waals surface area contributed by atoms with E-state index in [9.17, 15) is 4.79 Å². The van der Waals surface area contributed by atoms with Crippen LogP contribution < -0.4 is 11.1 Å². The molecule has 1 amide bonds. The molecule has 1 aromatic carbocycles. The average Bonchev–Trinajstić information content (AvgIpc) is 2.94. The zero-order chi connectivity index (χ0) is 14.5. The summed E-state index contributed by atoms with van der Waals surface area (Å²) in [5, 5.41) is 2.96. The van der Waals surface area contributed by atoms with Crippen molar-refractivity contribution in [1.29, 1.82) is 0 Å². The Morgan fingerprint density at radius 3 is 2.95 bits per heavy atom. The SMILES string of the molecule is CSc1cc(C)ccc1CNC(=O)[C@@H]1CC[C@H](CN)O1. The molecule has 2 rings (SSSR count). The molecule has 0 spiro atoms. The Morgan fingerprint density at radius 2 is 2.30 bits per heavy atom. The molecule has 0 radical (unpaired) electrons. The summed E-state index contributed by atoms with van der Waals surface area (Å²) in [6.45, 7) is 3.10. The lowest BCUT2D eigenvalue weighted by Crippen LogP contribution is -2.35. The smallest absolute Gasteiger partial charge is 0.249 e. The van der Waals surface area contributed by atoms with Gasteiger partial charge in [0.25, 0.3) is 0 Å². The van der Waals surface area contributed by atoms with E-state index in [2.05, 4.69) is 30.4 Å². The van der Waals surface area contributed by atoms with Crippen LogP contribution >= 0.6 is 11.8 Å². The molecule has 0 aliphatic carbocycles. The van der Waals surface area contributed by atoms with Gasteiger partial charge in [0.1, 0.15) is 6.10 Å². The van der Waals surface area contributed by atoms with Gasteiger partial charge in [-0.05, 0) is 43.2 Å². The van der Waals surface area contributed by atoms with Gasteiger partial charge < -0.3 is 15.8 Å². The van der Waals surface area contributed by atoms with E-state index in [1.54, 1.807) is 11.8 Å². The van der Waals surface area contributed by atoms with Crippen molar-refractivity contribution in [3.8, 4) is 0 Å². The van der Waals surface area contributed by atoms with Crippen LogP contribution in [0.15, 0.2) is 23.1 Å². The maximum atomic E-state index is 12.1. The zero-order valence-electron chi connectivity index (χ0n) is 12.0. The number of carbonyl (C=O) groups excluding carboxylic acids is 1. The summed E-state index contributed by atoms with van der Waals surface area (Å²) in [4.78, 5) is 13.3. The molecule has 1 heterocycles. The van der Waals surface area contributed by atoms with Crippen molar-refractivity contribution < 1.29 is 9.53 Å². The minimum absolute atomic E-state index is 0.0337. The standard InChI is InChI=1S/C15H22N2O2S/c1-10-3-4-11(14(7-10)20-2)9-17-15(18)13-6-5-12(8-16)19-13/h3-4,7,12-13H,5-6,8-9,16H2,1-2H3,(H,17,18)/t12-,13+/m1/s1. The third-order valence-electron chi connectivity index (χ3n) is 3.56. The minimum atomic E-state index is -0.341. The molecule has 5 heteroatoms. The van der Waals surface area contributed by atoms with Gasteiger partial charge in [0.15, 0.2) is 0 Å². The number of ether oxygens (including phenoxy) is 1. The predicted molar refractivity (Wildman–Crippen MR) is 81.8 cm³/mol. The molecule has 0 saturated carbocycles. The van der Waals surface area contributed by atoms with E-state index in [0.717, 1.165) is 18.4 Å². The van der Waals surface area contributed by atoms with E-state index in [1.165, 1.54) is 10.5 Å². The Hall–Kier alpha value is -1.04. The first kappa shape index (κ1) is 15.4. The quantitative estimate of drug-likeness (QED) is 0.813. The molecule has 1 aliphatic rings. The molecule has 110 valence electrons. The summed E-state index contributed by atoms with van der Waals surface area (Å²) in [5.41, 5.74) is 7.93. The molecule has 1 aliphatic heterocycles. The number of nitrogens with one attached hydrogen (secondary N) is 1. The van der Waals surface area contributed by atoms with Gasteiger partial charge >= 0.3 is 0 Å². The second-order valence-electron chi connectivity index (χ2n) is 5.09. The molecule has 1 aromatic rings. The van der Waals surface area contributed by atoms with Crippen molar-refractivity contribution in [2.75, 3.05) is 12.8 Å². The Bertz CT molecular complexity index is 479. The molecule has 2 atom stereocenters. The zero-order valence-corrected chi connectivity index (χ0v) is 12.8. The lowest BCUT2D eigenvalue weighted by molar-refractivity contribution is -0.132. The lowest BCUT2D eigenvalue weighted by atomic mass is 10.1. The van der Waals surface area contributed by atoms with Crippen molar-refractivity contribution >= 4 is 17.7 Å². The first-order valence-electron chi connectivity index (χ1n) is 6.90. The highest BCUT2D eigenvalue weighted by molar-refractivity contribution is 7.98. The van der Waals surface area contributed by atoms with E-state index in [-0.39, 0.29) is 18.1 Å². The highest BCUT2D eigenvalue weighted by Gasteiger charge is 2.29. The summed E-state index contributed by atoms with van der Waals surface area (Å²) in [5.74, 6) is -0.0337. The average molecular weight is 294 g/mol. The molecular weight excluding hydrogens is 272 g/mol. The maximum Gasteiger partial charge on any atom is 0.249 e. The Morgan fingerprint density at radius 1 is 1.50 bits per heavy atom. The minimum Gasteiger partial charge on any atom is -0.364 e. The number of hydrogen-bond acceptors (Lipinski definition) is 4. The van der Waals surface area contributed by atoms with Gasteiger partial charge in [0, 0.05) is 18.0 Å².